The van der Waals surface area contributed by atoms with Gasteiger partial charge in [-0.25, -0.2) is 0 Å². The highest BCUT2D eigenvalue weighted by atomic mass is 14.2. The third-order valence-corrected chi connectivity index (χ3v) is 8.94. The summed E-state index contributed by atoms with van der Waals surface area (Å²) < 4.78 is 0. The van der Waals surface area contributed by atoms with Crippen LogP contribution in [0.3, 0.4) is 0 Å². The minimum Gasteiger partial charge on any atom is -0.0926 e. The van der Waals surface area contributed by atoms with Crippen LogP contribution in [0.1, 0.15) is 117 Å². The Balaban J connectivity index is 0.000000243. The Labute approximate surface area is 342 Å². The van der Waals surface area contributed by atoms with Gasteiger partial charge in [-0.15, -0.1) is 0 Å². The molecule has 0 aliphatic carbocycles. The minimum atomic E-state index is 0.137. The molecule has 0 aliphatic heterocycles. The summed E-state index contributed by atoms with van der Waals surface area (Å²) in [5, 5.41) is 5.41. The molecule has 0 nitrogen and oxygen atoms in total. The SMILES string of the molecule is CCC=CC#CC(C)(C)C.CCC=Cc1ccccc1.CCc1ccc(C(C)(C)C)cc1.CCc1ccc2ccccc2c1.CCc1cccc2ccccc12. The van der Waals surface area contributed by atoms with E-state index < -0.39 is 0 Å². The molecule has 0 bridgehead atoms. The second-order valence-electron chi connectivity index (χ2n) is 15.9. The number of benzene rings is 6. The Kier molecular flexibility index (Phi) is 21.7. The summed E-state index contributed by atoms with van der Waals surface area (Å²) in [6.07, 6.45) is 13.8. The van der Waals surface area contributed by atoms with E-state index in [0.29, 0.717) is 0 Å². The van der Waals surface area contributed by atoms with Crippen LogP contribution in [0.2, 0.25) is 0 Å². The Morgan fingerprint density at radius 1 is 0.482 bits per heavy atom. The van der Waals surface area contributed by atoms with E-state index in [9.17, 15) is 0 Å². The molecule has 0 N–H and O–H groups in total. The molecule has 0 aliphatic rings. The van der Waals surface area contributed by atoms with Crippen molar-refractivity contribution in [2.45, 2.75) is 114 Å². The molecule has 0 heteroatoms. The molecule has 6 aromatic carbocycles. The lowest BCUT2D eigenvalue weighted by Gasteiger charge is -2.18. The lowest BCUT2D eigenvalue weighted by atomic mass is 9.86. The maximum Gasteiger partial charge on any atom is 0.0233 e. The molecule has 0 aromatic heterocycles. The quantitative estimate of drug-likeness (QED) is 0.149. The lowest BCUT2D eigenvalue weighted by molar-refractivity contribution is 0.571. The van der Waals surface area contributed by atoms with Crippen molar-refractivity contribution < 1.29 is 0 Å². The largest absolute Gasteiger partial charge is 0.0926 e. The molecular formula is C56H70. The van der Waals surface area contributed by atoms with Crippen molar-refractivity contribution >= 4 is 27.6 Å². The number of aryl methyl sites for hydroxylation is 3. The van der Waals surface area contributed by atoms with Crippen molar-refractivity contribution in [3.05, 3.63) is 186 Å². The first-order valence-corrected chi connectivity index (χ1v) is 20.8. The van der Waals surface area contributed by atoms with Gasteiger partial charge in [0.2, 0.25) is 0 Å². The van der Waals surface area contributed by atoms with E-state index in [2.05, 4.69) is 240 Å². The van der Waals surface area contributed by atoms with Gasteiger partial charge in [0, 0.05) is 5.41 Å². The van der Waals surface area contributed by atoms with E-state index in [1.54, 1.807) is 0 Å². The number of fused-ring (bicyclic) bond motifs is 2. The molecule has 294 valence electrons. The zero-order valence-corrected chi connectivity index (χ0v) is 36.6. The van der Waals surface area contributed by atoms with E-state index >= 15 is 0 Å². The average molecular weight is 743 g/mol. The normalized spacial score (nSPS) is 10.8. The highest BCUT2D eigenvalue weighted by Crippen LogP contribution is 2.22. The molecule has 0 radical (unpaired) electrons. The first-order chi connectivity index (χ1) is 26.8. The van der Waals surface area contributed by atoms with E-state index in [4.69, 9.17) is 0 Å². The molecule has 0 fully saturated rings. The van der Waals surface area contributed by atoms with Gasteiger partial charge in [-0.3, -0.25) is 0 Å². The summed E-state index contributed by atoms with van der Waals surface area (Å²) in [5.74, 6) is 6.12. The van der Waals surface area contributed by atoms with Crippen molar-refractivity contribution in [3.8, 4) is 11.8 Å². The van der Waals surface area contributed by atoms with Crippen LogP contribution < -0.4 is 0 Å². The Hall–Kier alpha value is -5.12. The summed E-state index contributed by atoms with van der Waals surface area (Å²) >= 11 is 0. The van der Waals surface area contributed by atoms with E-state index in [-0.39, 0.29) is 10.8 Å². The third kappa shape index (κ3) is 19.0. The molecule has 6 rings (SSSR count). The van der Waals surface area contributed by atoms with Crippen LogP contribution in [-0.4, -0.2) is 0 Å². The zero-order chi connectivity index (χ0) is 41.2. The highest BCUT2D eigenvalue weighted by Gasteiger charge is 2.12. The number of allylic oxidation sites excluding steroid dienone is 3. The smallest absolute Gasteiger partial charge is 0.0233 e. The second-order valence-corrected chi connectivity index (χ2v) is 15.9. The van der Waals surface area contributed by atoms with Gasteiger partial charge in [-0.1, -0.05) is 225 Å². The molecule has 0 saturated carbocycles. The van der Waals surface area contributed by atoms with Gasteiger partial charge < -0.3 is 0 Å². The Bertz CT molecular complexity index is 2050. The first-order valence-electron chi connectivity index (χ1n) is 20.8. The molecule has 56 heavy (non-hydrogen) atoms. The predicted octanol–water partition coefficient (Wildman–Crippen LogP) is 16.5. The molecule has 0 unspecified atom stereocenters. The van der Waals surface area contributed by atoms with Crippen LogP contribution in [0, 0.1) is 17.3 Å². The summed E-state index contributed by atoms with van der Waals surface area (Å²) in [6.45, 7) is 23.9. The maximum absolute atomic E-state index is 3.12. The van der Waals surface area contributed by atoms with E-state index in [1.165, 1.54) is 49.4 Å². The fourth-order valence-corrected chi connectivity index (χ4v) is 5.55. The van der Waals surface area contributed by atoms with Gasteiger partial charge >= 0.3 is 0 Å². The summed E-state index contributed by atoms with van der Waals surface area (Å²) in [5.41, 5.74) is 7.39. The topological polar surface area (TPSA) is 0 Å². The van der Waals surface area contributed by atoms with Crippen LogP contribution in [0.15, 0.2) is 158 Å². The third-order valence-electron chi connectivity index (χ3n) is 8.94. The van der Waals surface area contributed by atoms with Crippen molar-refractivity contribution in [1.29, 1.82) is 0 Å². The van der Waals surface area contributed by atoms with E-state index in [0.717, 1.165) is 32.1 Å². The Morgan fingerprint density at radius 2 is 1.04 bits per heavy atom. The second kappa shape index (κ2) is 25.9. The van der Waals surface area contributed by atoms with Crippen LogP contribution in [0.25, 0.3) is 27.6 Å². The van der Waals surface area contributed by atoms with Crippen LogP contribution in [0.4, 0.5) is 0 Å². The van der Waals surface area contributed by atoms with Crippen LogP contribution in [0.5, 0.6) is 0 Å². The van der Waals surface area contributed by atoms with Crippen LogP contribution in [-0.2, 0) is 24.7 Å². The fraction of sp³-hybridized carbons (Fsp3) is 0.321. The van der Waals surface area contributed by atoms with Gasteiger partial charge in [-0.2, -0.15) is 0 Å². The number of hydrogen-bond acceptors (Lipinski definition) is 0. The van der Waals surface area contributed by atoms with E-state index in [1.807, 2.05) is 12.1 Å². The highest BCUT2D eigenvalue weighted by molar-refractivity contribution is 5.85. The molecule has 0 heterocycles. The van der Waals surface area contributed by atoms with Crippen molar-refractivity contribution in [2.24, 2.45) is 5.41 Å². The average Bonchev–Trinajstić information content (AvgIpc) is 3.22. The zero-order valence-electron chi connectivity index (χ0n) is 36.6. The van der Waals surface area contributed by atoms with Gasteiger partial charge in [0.15, 0.2) is 0 Å². The van der Waals surface area contributed by atoms with Gasteiger partial charge in [-0.05, 0) is 114 Å². The molecule has 0 amide bonds. The molecule has 6 aromatic rings. The van der Waals surface area contributed by atoms with Crippen molar-refractivity contribution in [2.75, 3.05) is 0 Å². The molecule has 0 saturated heterocycles. The van der Waals surface area contributed by atoms with Crippen LogP contribution >= 0.6 is 0 Å². The minimum absolute atomic E-state index is 0.137. The molecule has 0 atom stereocenters. The van der Waals surface area contributed by atoms with Crippen molar-refractivity contribution in [3.63, 3.8) is 0 Å². The number of hydrogen-bond donors (Lipinski definition) is 0. The lowest BCUT2D eigenvalue weighted by Crippen LogP contribution is -2.10. The summed E-state index contributed by atoms with van der Waals surface area (Å²) in [6, 6.07) is 49.4. The van der Waals surface area contributed by atoms with Gasteiger partial charge in [0.1, 0.15) is 0 Å². The predicted molar refractivity (Wildman–Crippen MR) is 254 cm³/mol. The molecular weight excluding hydrogens is 673 g/mol. The Morgan fingerprint density at radius 3 is 1.61 bits per heavy atom. The summed E-state index contributed by atoms with van der Waals surface area (Å²) in [4.78, 5) is 0. The monoisotopic (exact) mass is 743 g/mol. The standard InChI is InChI=1S/2C12H12.C12H18.C10H12.C10H16/c1-2-10-7-5-8-11-6-3-4-9-12(10)11;1-2-10-7-8-11-5-3-4-6-12(11)9-10;1-5-10-6-8-11(9-7-10)12(2,3)4;1-2-3-7-10-8-5-4-6-9-10;1-5-6-7-8-9-10(2,3)4/h2*3-9H,2H2,1H3;6-9H,5H2,1-4H3;3-9H,2H2,1H3;6-7H,5H2,1-4H3. The maximum atomic E-state index is 3.12. The van der Waals surface area contributed by atoms with Crippen molar-refractivity contribution in [1.82, 2.24) is 0 Å². The first kappa shape index (κ1) is 47.0. The van der Waals surface area contributed by atoms with Gasteiger partial charge in [0.05, 0.1) is 0 Å². The summed E-state index contributed by atoms with van der Waals surface area (Å²) in [7, 11) is 0. The number of rotatable bonds is 6. The fourth-order valence-electron chi connectivity index (χ4n) is 5.55. The van der Waals surface area contributed by atoms with Gasteiger partial charge in [0.25, 0.3) is 0 Å². The molecule has 0 spiro atoms.